The first-order valence-corrected chi connectivity index (χ1v) is 10.8. The van der Waals surface area contributed by atoms with Crippen molar-refractivity contribution < 1.29 is 4.79 Å². The molecule has 0 radical (unpaired) electrons. The number of aliphatic imine (C=N–C) groups is 1. The molecule has 29 heavy (non-hydrogen) atoms. The van der Waals surface area contributed by atoms with Crippen molar-refractivity contribution in [2.75, 3.05) is 64.8 Å². The second-order valence-electron chi connectivity index (χ2n) is 8.33. The molecule has 1 unspecified atom stereocenters. The lowest BCUT2D eigenvalue weighted by atomic mass is 10.1. The van der Waals surface area contributed by atoms with Crippen LogP contribution < -0.4 is 15.5 Å². The minimum atomic E-state index is 0.228. The number of carbonyl (C=O) groups is 1. The molecular weight excluding hydrogens is 364 g/mol. The molecule has 2 aliphatic heterocycles. The van der Waals surface area contributed by atoms with Gasteiger partial charge in [-0.2, -0.15) is 0 Å². The van der Waals surface area contributed by atoms with Gasteiger partial charge in [-0.1, -0.05) is 19.1 Å². The molecule has 7 heteroatoms. The number of hydrogen-bond donors (Lipinski definition) is 2. The number of guanidine groups is 1. The van der Waals surface area contributed by atoms with E-state index >= 15 is 0 Å². The van der Waals surface area contributed by atoms with Crippen molar-refractivity contribution >= 4 is 17.6 Å². The van der Waals surface area contributed by atoms with Gasteiger partial charge >= 0.3 is 0 Å². The molecule has 7 nitrogen and oxygen atoms in total. The standard InChI is InChI=1S/C22H36N6O/c1-18(17-27-13-11-26(3)12-14-27)15-24-22(23-2)25-16-19-6-8-20(9-7-19)28-10-4-5-21(28)29/h6-9,18H,4-5,10-17H2,1-3H3,(H2,23,24,25). The number of amides is 1. The van der Waals surface area contributed by atoms with Gasteiger partial charge in [0.05, 0.1) is 0 Å². The molecule has 2 aliphatic rings. The normalized spacial score (nSPS) is 20.2. The summed E-state index contributed by atoms with van der Waals surface area (Å²) in [6.07, 6.45) is 1.62. The second kappa shape index (κ2) is 10.6. The van der Waals surface area contributed by atoms with Gasteiger partial charge in [0, 0.05) is 71.5 Å². The molecule has 160 valence electrons. The number of nitrogens with one attached hydrogen (secondary N) is 2. The fourth-order valence-electron chi connectivity index (χ4n) is 3.93. The van der Waals surface area contributed by atoms with Crippen molar-refractivity contribution in [1.82, 2.24) is 20.4 Å². The summed E-state index contributed by atoms with van der Waals surface area (Å²) in [6, 6.07) is 8.23. The summed E-state index contributed by atoms with van der Waals surface area (Å²) in [5.74, 6) is 1.62. The molecule has 1 atom stereocenters. The Hall–Kier alpha value is -2.12. The highest BCUT2D eigenvalue weighted by Crippen LogP contribution is 2.21. The van der Waals surface area contributed by atoms with Gasteiger partial charge < -0.3 is 25.3 Å². The highest BCUT2D eigenvalue weighted by Gasteiger charge is 2.21. The van der Waals surface area contributed by atoms with Gasteiger partial charge in [0.1, 0.15) is 0 Å². The van der Waals surface area contributed by atoms with E-state index in [-0.39, 0.29) is 5.91 Å². The van der Waals surface area contributed by atoms with Crippen LogP contribution in [0, 0.1) is 5.92 Å². The van der Waals surface area contributed by atoms with E-state index in [9.17, 15) is 4.79 Å². The van der Waals surface area contributed by atoms with Gasteiger partial charge in [0.2, 0.25) is 5.91 Å². The molecule has 1 aromatic rings. The predicted octanol–water partition coefficient (Wildman–Crippen LogP) is 1.36. The van der Waals surface area contributed by atoms with Crippen LogP contribution in [0.2, 0.25) is 0 Å². The highest BCUT2D eigenvalue weighted by molar-refractivity contribution is 5.95. The lowest BCUT2D eigenvalue weighted by molar-refractivity contribution is -0.117. The molecule has 0 bridgehead atoms. The Bertz CT molecular complexity index is 681. The van der Waals surface area contributed by atoms with E-state index in [1.165, 1.54) is 5.56 Å². The van der Waals surface area contributed by atoms with Gasteiger partial charge in [0.15, 0.2) is 5.96 Å². The molecule has 2 saturated heterocycles. The Balaban J connectivity index is 1.39. The monoisotopic (exact) mass is 400 g/mol. The third-order valence-corrected chi connectivity index (χ3v) is 5.79. The smallest absolute Gasteiger partial charge is 0.227 e. The van der Waals surface area contributed by atoms with Crippen LogP contribution in [-0.4, -0.2) is 81.6 Å². The molecule has 1 amide bonds. The number of likely N-dealkylation sites (N-methyl/N-ethyl adjacent to an activating group) is 1. The molecule has 2 heterocycles. The number of rotatable bonds is 7. The lowest BCUT2D eigenvalue weighted by Gasteiger charge is -2.34. The lowest BCUT2D eigenvalue weighted by Crippen LogP contribution is -2.47. The van der Waals surface area contributed by atoms with Crippen molar-refractivity contribution in [1.29, 1.82) is 0 Å². The van der Waals surface area contributed by atoms with Gasteiger partial charge in [0.25, 0.3) is 0 Å². The summed E-state index contributed by atoms with van der Waals surface area (Å²) >= 11 is 0. The van der Waals surface area contributed by atoms with Crippen molar-refractivity contribution in [2.45, 2.75) is 26.3 Å². The fourth-order valence-corrected chi connectivity index (χ4v) is 3.93. The van der Waals surface area contributed by atoms with E-state index in [0.29, 0.717) is 18.9 Å². The van der Waals surface area contributed by atoms with Crippen molar-refractivity contribution in [2.24, 2.45) is 10.9 Å². The first-order chi connectivity index (χ1) is 14.0. The van der Waals surface area contributed by atoms with Gasteiger partial charge in [-0.25, -0.2) is 0 Å². The molecule has 0 aromatic heterocycles. The fraction of sp³-hybridized carbons (Fsp3) is 0.636. The van der Waals surface area contributed by atoms with Crippen LogP contribution in [-0.2, 0) is 11.3 Å². The number of carbonyl (C=O) groups excluding carboxylic acids is 1. The van der Waals surface area contributed by atoms with Crippen LogP contribution in [0.25, 0.3) is 0 Å². The summed E-state index contributed by atoms with van der Waals surface area (Å²) in [5, 5.41) is 6.84. The Morgan fingerprint density at radius 2 is 1.83 bits per heavy atom. The van der Waals surface area contributed by atoms with E-state index in [1.54, 1.807) is 0 Å². The van der Waals surface area contributed by atoms with Crippen LogP contribution in [0.4, 0.5) is 5.69 Å². The van der Waals surface area contributed by atoms with Crippen molar-refractivity contribution in [3.8, 4) is 0 Å². The van der Waals surface area contributed by atoms with Crippen molar-refractivity contribution in [3.63, 3.8) is 0 Å². The van der Waals surface area contributed by atoms with Gasteiger partial charge in [-0.3, -0.25) is 9.79 Å². The molecule has 0 aliphatic carbocycles. The van der Waals surface area contributed by atoms with Gasteiger partial charge in [-0.15, -0.1) is 0 Å². The average Bonchev–Trinajstić information content (AvgIpc) is 3.16. The largest absolute Gasteiger partial charge is 0.356 e. The summed E-state index contributed by atoms with van der Waals surface area (Å²) < 4.78 is 0. The summed E-state index contributed by atoms with van der Waals surface area (Å²) in [5.41, 5.74) is 2.17. The van der Waals surface area contributed by atoms with Gasteiger partial charge in [-0.05, 0) is 37.1 Å². The van der Waals surface area contributed by atoms with Crippen LogP contribution in [0.3, 0.4) is 0 Å². The number of hydrogen-bond acceptors (Lipinski definition) is 4. The number of benzene rings is 1. The summed E-state index contributed by atoms with van der Waals surface area (Å²) in [6.45, 7) is 10.5. The first-order valence-electron chi connectivity index (χ1n) is 10.8. The molecule has 3 rings (SSSR count). The molecule has 2 fully saturated rings. The Labute approximate surface area is 175 Å². The minimum absolute atomic E-state index is 0.228. The SMILES string of the molecule is CN=C(NCc1ccc(N2CCCC2=O)cc1)NCC(C)CN1CCN(C)CC1. The quantitative estimate of drug-likeness (QED) is 0.535. The van der Waals surface area contributed by atoms with E-state index in [1.807, 2.05) is 24.1 Å². The van der Waals surface area contributed by atoms with E-state index < -0.39 is 0 Å². The maximum absolute atomic E-state index is 11.9. The van der Waals surface area contributed by atoms with Crippen LogP contribution in [0.15, 0.2) is 29.3 Å². The molecule has 0 spiro atoms. The Morgan fingerprint density at radius 3 is 2.45 bits per heavy atom. The maximum atomic E-state index is 11.9. The molecule has 2 N–H and O–H groups in total. The maximum Gasteiger partial charge on any atom is 0.227 e. The average molecular weight is 401 g/mol. The zero-order chi connectivity index (χ0) is 20.6. The highest BCUT2D eigenvalue weighted by atomic mass is 16.2. The zero-order valence-corrected chi connectivity index (χ0v) is 18.2. The van der Waals surface area contributed by atoms with Crippen LogP contribution in [0.5, 0.6) is 0 Å². The van der Waals surface area contributed by atoms with Crippen LogP contribution in [0.1, 0.15) is 25.3 Å². The molecule has 1 aromatic carbocycles. The summed E-state index contributed by atoms with van der Waals surface area (Å²) in [4.78, 5) is 23.0. The van der Waals surface area contributed by atoms with E-state index in [2.05, 4.69) is 51.5 Å². The second-order valence-corrected chi connectivity index (χ2v) is 8.33. The zero-order valence-electron chi connectivity index (χ0n) is 18.2. The van der Waals surface area contributed by atoms with E-state index in [0.717, 1.165) is 63.9 Å². The number of anilines is 1. The minimum Gasteiger partial charge on any atom is -0.356 e. The third-order valence-electron chi connectivity index (χ3n) is 5.79. The van der Waals surface area contributed by atoms with E-state index in [4.69, 9.17) is 0 Å². The number of piperazine rings is 1. The Kier molecular flexibility index (Phi) is 7.89. The van der Waals surface area contributed by atoms with Crippen LogP contribution >= 0.6 is 0 Å². The Morgan fingerprint density at radius 1 is 1.10 bits per heavy atom. The first kappa shape index (κ1) is 21.6. The predicted molar refractivity (Wildman–Crippen MR) is 119 cm³/mol. The third kappa shape index (κ3) is 6.44. The van der Waals surface area contributed by atoms with Crippen molar-refractivity contribution in [3.05, 3.63) is 29.8 Å². The molecular formula is C22H36N6O. The topological polar surface area (TPSA) is 63.2 Å². The number of nitrogens with zero attached hydrogens (tertiary/aromatic N) is 4. The molecule has 0 saturated carbocycles. The summed E-state index contributed by atoms with van der Waals surface area (Å²) in [7, 11) is 4.00.